The Balaban J connectivity index is 3.00. The third kappa shape index (κ3) is 1.28. The fourth-order valence-corrected chi connectivity index (χ4v) is 0.520. The summed E-state index contributed by atoms with van der Waals surface area (Å²) >= 11 is 0. The first-order valence-electron chi connectivity index (χ1n) is 2.78. The van der Waals surface area contributed by atoms with Gasteiger partial charge in [0.25, 0.3) is 0 Å². The maximum atomic E-state index is 10.6. The highest BCUT2D eigenvalue weighted by Crippen LogP contribution is 1.95. The van der Waals surface area contributed by atoms with Gasteiger partial charge in [0, 0.05) is 6.92 Å². The van der Waals surface area contributed by atoms with Crippen molar-refractivity contribution in [2.75, 3.05) is 5.73 Å². The summed E-state index contributed by atoms with van der Waals surface area (Å²) in [5.74, 6) is 0.0502. The lowest BCUT2D eigenvalue weighted by molar-refractivity contribution is 0.100. The Morgan fingerprint density at radius 2 is 2.00 bits per heavy atom. The molecule has 0 unspecified atom stereocenters. The van der Waals surface area contributed by atoms with E-state index in [0.29, 0.717) is 5.69 Å². The highest BCUT2D eigenvalue weighted by molar-refractivity contribution is 5.90. The van der Waals surface area contributed by atoms with Crippen molar-refractivity contribution in [3.05, 3.63) is 18.2 Å². The number of ketones is 1. The molecule has 1 heterocycles. The third-order valence-electron chi connectivity index (χ3n) is 0.987. The molecule has 1 aromatic rings. The smallest absolute Gasteiger partial charge is 0.196 e. The van der Waals surface area contributed by atoms with Gasteiger partial charge in [0.1, 0.15) is 0 Å². The molecule has 0 aliphatic rings. The van der Waals surface area contributed by atoms with Crippen LogP contribution >= 0.6 is 0 Å². The highest BCUT2D eigenvalue weighted by atomic mass is 16.1. The van der Waals surface area contributed by atoms with Gasteiger partial charge in [-0.15, -0.1) is 0 Å². The number of nitrogen functional groups attached to an aromatic ring is 1. The molecule has 0 saturated heterocycles. The van der Waals surface area contributed by atoms with E-state index in [4.69, 9.17) is 5.73 Å². The lowest BCUT2D eigenvalue weighted by atomic mass is 10.4. The summed E-state index contributed by atoms with van der Waals surface area (Å²) in [4.78, 5) is 18.0. The van der Waals surface area contributed by atoms with Crippen molar-refractivity contribution >= 4 is 11.5 Å². The standard InChI is InChI=1S/C6H7N3O/c1-4(10)6-8-2-5(7)3-9-6/h2-3H,7H2,1H3. The summed E-state index contributed by atoms with van der Waals surface area (Å²) in [5, 5.41) is 0. The molecule has 0 amide bonds. The molecular weight excluding hydrogens is 130 g/mol. The van der Waals surface area contributed by atoms with Crippen LogP contribution in [0.2, 0.25) is 0 Å². The van der Waals surface area contributed by atoms with E-state index >= 15 is 0 Å². The zero-order chi connectivity index (χ0) is 7.56. The first kappa shape index (κ1) is 6.67. The Bertz CT molecular complexity index is 242. The van der Waals surface area contributed by atoms with Crippen molar-refractivity contribution in [3.63, 3.8) is 0 Å². The number of aromatic nitrogens is 2. The van der Waals surface area contributed by atoms with Crippen LogP contribution in [0.25, 0.3) is 0 Å². The summed E-state index contributed by atoms with van der Waals surface area (Å²) in [6.45, 7) is 1.41. The lowest BCUT2D eigenvalue weighted by Crippen LogP contribution is -2.00. The second-order valence-electron chi connectivity index (χ2n) is 1.90. The first-order chi connectivity index (χ1) is 4.70. The summed E-state index contributed by atoms with van der Waals surface area (Å²) in [7, 11) is 0. The van der Waals surface area contributed by atoms with Gasteiger partial charge in [-0.25, -0.2) is 9.97 Å². The Labute approximate surface area is 58.1 Å². The van der Waals surface area contributed by atoms with Crippen LogP contribution in [-0.4, -0.2) is 15.8 Å². The summed E-state index contributed by atoms with van der Waals surface area (Å²) in [6, 6.07) is 0. The zero-order valence-electron chi connectivity index (χ0n) is 5.53. The largest absolute Gasteiger partial charge is 0.396 e. The van der Waals surface area contributed by atoms with E-state index in [2.05, 4.69) is 9.97 Å². The summed E-state index contributed by atoms with van der Waals surface area (Å²) in [6.07, 6.45) is 2.81. The molecule has 0 spiro atoms. The molecule has 0 aromatic carbocycles. The number of carbonyl (C=O) groups excluding carboxylic acids is 1. The number of nitrogens with zero attached hydrogens (tertiary/aromatic N) is 2. The van der Waals surface area contributed by atoms with Crippen LogP contribution in [0.5, 0.6) is 0 Å². The minimum atomic E-state index is -0.153. The summed E-state index contributed by atoms with van der Waals surface area (Å²) < 4.78 is 0. The van der Waals surface area contributed by atoms with Crippen molar-refractivity contribution in [2.45, 2.75) is 6.92 Å². The summed E-state index contributed by atoms with van der Waals surface area (Å²) in [5.41, 5.74) is 5.75. The Morgan fingerprint density at radius 3 is 2.40 bits per heavy atom. The zero-order valence-corrected chi connectivity index (χ0v) is 5.53. The fourth-order valence-electron chi connectivity index (χ4n) is 0.520. The average molecular weight is 137 g/mol. The predicted molar refractivity (Wildman–Crippen MR) is 36.4 cm³/mol. The first-order valence-corrected chi connectivity index (χ1v) is 2.78. The maximum Gasteiger partial charge on any atom is 0.196 e. The number of hydrogen-bond donors (Lipinski definition) is 1. The van der Waals surface area contributed by atoms with Gasteiger partial charge >= 0.3 is 0 Å². The molecule has 10 heavy (non-hydrogen) atoms. The van der Waals surface area contributed by atoms with Gasteiger partial charge < -0.3 is 5.73 Å². The van der Waals surface area contributed by atoms with Crippen molar-refractivity contribution in [1.82, 2.24) is 9.97 Å². The van der Waals surface area contributed by atoms with Crippen molar-refractivity contribution < 1.29 is 4.79 Å². The Hall–Kier alpha value is -1.45. The third-order valence-corrected chi connectivity index (χ3v) is 0.987. The quantitative estimate of drug-likeness (QED) is 0.564. The van der Waals surface area contributed by atoms with Crippen LogP contribution in [0, 0.1) is 0 Å². The molecule has 0 fully saturated rings. The second kappa shape index (κ2) is 2.43. The van der Waals surface area contributed by atoms with E-state index < -0.39 is 0 Å². The van der Waals surface area contributed by atoms with Crippen molar-refractivity contribution in [3.8, 4) is 0 Å². The second-order valence-corrected chi connectivity index (χ2v) is 1.90. The molecule has 0 aliphatic heterocycles. The van der Waals surface area contributed by atoms with Crippen LogP contribution < -0.4 is 5.73 Å². The van der Waals surface area contributed by atoms with Gasteiger partial charge in [-0.05, 0) is 0 Å². The van der Waals surface area contributed by atoms with Crippen molar-refractivity contribution in [2.24, 2.45) is 0 Å². The molecule has 4 nitrogen and oxygen atoms in total. The fraction of sp³-hybridized carbons (Fsp3) is 0.167. The van der Waals surface area contributed by atoms with Crippen molar-refractivity contribution in [1.29, 1.82) is 0 Å². The SMILES string of the molecule is CC(=O)c1ncc(N)cn1. The average Bonchev–Trinajstić information content (AvgIpc) is 1.88. The molecule has 52 valence electrons. The maximum absolute atomic E-state index is 10.6. The molecular formula is C6H7N3O. The number of Topliss-reactive ketones (excluding diaryl/α,β-unsaturated/α-hetero) is 1. The number of anilines is 1. The van der Waals surface area contributed by atoms with Crippen LogP contribution in [0.3, 0.4) is 0 Å². The van der Waals surface area contributed by atoms with Gasteiger partial charge in [-0.2, -0.15) is 0 Å². The number of rotatable bonds is 1. The number of hydrogen-bond acceptors (Lipinski definition) is 4. The molecule has 0 aliphatic carbocycles. The van der Waals surface area contributed by atoms with E-state index in [1.165, 1.54) is 19.3 Å². The van der Waals surface area contributed by atoms with Gasteiger partial charge in [0.2, 0.25) is 0 Å². The molecule has 4 heteroatoms. The minimum Gasteiger partial charge on any atom is -0.396 e. The van der Waals surface area contributed by atoms with E-state index in [1.807, 2.05) is 0 Å². The van der Waals surface area contributed by atoms with E-state index in [0.717, 1.165) is 0 Å². The molecule has 1 rings (SSSR count). The number of nitrogens with two attached hydrogens (primary N) is 1. The van der Waals surface area contributed by atoms with Crippen LogP contribution in [0.4, 0.5) is 5.69 Å². The van der Waals surface area contributed by atoms with Crippen LogP contribution in [0.15, 0.2) is 12.4 Å². The normalized spacial score (nSPS) is 9.30. The highest BCUT2D eigenvalue weighted by Gasteiger charge is 1.99. The van der Waals surface area contributed by atoms with E-state index in [1.54, 1.807) is 0 Å². The van der Waals surface area contributed by atoms with Gasteiger partial charge in [-0.1, -0.05) is 0 Å². The van der Waals surface area contributed by atoms with Gasteiger partial charge in [0.15, 0.2) is 11.6 Å². The monoisotopic (exact) mass is 137 g/mol. The van der Waals surface area contributed by atoms with Gasteiger partial charge in [0.05, 0.1) is 18.1 Å². The van der Waals surface area contributed by atoms with Gasteiger partial charge in [-0.3, -0.25) is 4.79 Å². The molecule has 1 aromatic heterocycles. The van der Waals surface area contributed by atoms with Crippen LogP contribution in [0.1, 0.15) is 17.5 Å². The van der Waals surface area contributed by atoms with E-state index in [9.17, 15) is 4.79 Å². The number of carbonyl (C=O) groups is 1. The van der Waals surface area contributed by atoms with Crippen LogP contribution in [-0.2, 0) is 0 Å². The van der Waals surface area contributed by atoms with E-state index in [-0.39, 0.29) is 11.6 Å². The molecule has 2 N–H and O–H groups in total. The predicted octanol–water partition coefficient (Wildman–Crippen LogP) is 0.261. The molecule has 0 saturated carbocycles. The lowest BCUT2D eigenvalue weighted by Gasteiger charge is -1.92. The molecule has 0 atom stereocenters. The molecule has 0 radical (unpaired) electrons. The Kier molecular flexibility index (Phi) is 1.62. The minimum absolute atomic E-state index is 0.153. The molecule has 0 bridgehead atoms. The Morgan fingerprint density at radius 1 is 1.50 bits per heavy atom. The topological polar surface area (TPSA) is 68.9 Å².